The minimum Gasteiger partial charge on any atom is -0.370 e. The van der Waals surface area contributed by atoms with Gasteiger partial charge in [0.1, 0.15) is 0 Å². The Balaban J connectivity index is 2.18. The van der Waals surface area contributed by atoms with Gasteiger partial charge in [-0.05, 0) is 28.8 Å². The van der Waals surface area contributed by atoms with E-state index >= 15 is 0 Å². The van der Waals surface area contributed by atoms with Crippen molar-refractivity contribution >= 4 is 17.5 Å². The summed E-state index contributed by atoms with van der Waals surface area (Å²) in [5.74, 6) is -0.394. The van der Waals surface area contributed by atoms with E-state index in [1.54, 1.807) is 0 Å². The van der Waals surface area contributed by atoms with Crippen LogP contribution in [-0.4, -0.2) is 5.91 Å². The minimum atomic E-state index is -0.394. The van der Waals surface area contributed by atoms with Crippen molar-refractivity contribution in [3.05, 3.63) is 59.1 Å². The Labute approximate surface area is 117 Å². The highest BCUT2D eigenvalue weighted by atomic mass is 35.5. The molecule has 98 valence electrons. The monoisotopic (exact) mass is 274 g/mol. The first-order chi connectivity index (χ1) is 9.06. The second-order valence-corrected chi connectivity index (χ2v) is 4.84. The third kappa shape index (κ3) is 3.56. The minimum absolute atomic E-state index is 0.153. The highest BCUT2D eigenvalue weighted by Crippen LogP contribution is 2.23. The van der Waals surface area contributed by atoms with Crippen molar-refractivity contribution in [2.24, 2.45) is 11.5 Å². The highest BCUT2D eigenvalue weighted by Gasteiger charge is 2.09. The molecule has 1 unspecified atom stereocenters. The molecule has 2 aromatic carbocycles. The normalized spacial score (nSPS) is 12.1. The lowest BCUT2D eigenvalue weighted by Gasteiger charge is -2.10. The third-order valence-electron chi connectivity index (χ3n) is 2.94. The van der Waals surface area contributed by atoms with Crippen LogP contribution >= 0.6 is 11.6 Å². The van der Waals surface area contributed by atoms with Crippen molar-refractivity contribution in [1.82, 2.24) is 0 Å². The maximum atomic E-state index is 10.8. The van der Waals surface area contributed by atoms with Gasteiger partial charge in [0.2, 0.25) is 5.91 Å². The molecule has 4 heteroatoms. The Hall–Kier alpha value is -1.84. The molecule has 1 atom stereocenters. The van der Waals surface area contributed by atoms with E-state index in [2.05, 4.69) is 0 Å². The summed E-state index contributed by atoms with van der Waals surface area (Å²) in [6.45, 7) is 0. The van der Waals surface area contributed by atoms with Crippen molar-refractivity contribution in [3.63, 3.8) is 0 Å². The molecule has 0 aliphatic rings. The predicted molar refractivity (Wildman–Crippen MR) is 77.6 cm³/mol. The summed E-state index contributed by atoms with van der Waals surface area (Å²) in [7, 11) is 0. The molecule has 2 aromatic rings. The molecule has 0 radical (unpaired) electrons. The number of halogens is 1. The van der Waals surface area contributed by atoms with Gasteiger partial charge in [-0.25, -0.2) is 0 Å². The van der Waals surface area contributed by atoms with Crippen molar-refractivity contribution in [3.8, 4) is 11.1 Å². The van der Waals surface area contributed by atoms with Gasteiger partial charge < -0.3 is 11.5 Å². The highest BCUT2D eigenvalue weighted by molar-refractivity contribution is 6.30. The van der Waals surface area contributed by atoms with Crippen molar-refractivity contribution in [2.45, 2.75) is 12.5 Å². The summed E-state index contributed by atoms with van der Waals surface area (Å²) in [4.78, 5) is 10.8. The van der Waals surface area contributed by atoms with Crippen LogP contribution in [0.2, 0.25) is 5.02 Å². The fraction of sp³-hybridized carbons (Fsp3) is 0.133. The van der Waals surface area contributed by atoms with Crippen LogP contribution in [0.15, 0.2) is 48.5 Å². The van der Waals surface area contributed by atoms with E-state index in [1.807, 2.05) is 48.5 Å². The van der Waals surface area contributed by atoms with Gasteiger partial charge in [0.25, 0.3) is 0 Å². The van der Waals surface area contributed by atoms with Gasteiger partial charge in [0.05, 0.1) is 0 Å². The standard InChI is InChI=1S/C15H15ClN2O/c16-13-7-5-11(6-8-13)10-1-3-12(4-2-10)14(17)9-15(18)19/h1-8,14H,9,17H2,(H2,18,19). The summed E-state index contributed by atoms with van der Waals surface area (Å²) < 4.78 is 0. The molecule has 0 saturated heterocycles. The van der Waals surface area contributed by atoms with Gasteiger partial charge in [-0.3, -0.25) is 4.79 Å². The average Bonchev–Trinajstić information content (AvgIpc) is 2.39. The maximum Gasteiger partial charge on any atom is 0.219 e. The molecule has 0 bridgehead atoms. The molecule has 0 aliphatic carbocycles. The van der Waals surface area contributed by atoms with Crippen molar-refractivity contribution in [2.75, 3.05) is 0 Å². The zero-order valence-electron chi connectivity index (χ0n) is 10.3. The molecule has 0 heterocycles. The van der Waals surface area contributed by atoms with Gasteiger partial charge in [-0.2, -0.15) is 0 Å². The molecular formula is C15H15ClN2O. The fourth-order valence-corrected chi connectivity index (χ4v) is 2.03. The molecule has 2 rings (SSSR count). The average molecular weight is 275 g/mol. The number of primary amides is 1. The van der Waals surface area contributed by atoms with Gasteiger partial charge in [0.15, 0.2) is 0 Å². The van der Waals surface area contributed by atoms with Gasteiger partial charge in [-0.15, -0.1) is 0 Å². The Morgan fingerprint density at radius 2 is 1.47 bits per heavy atom. The lowest BCUT2D eigenvalue weighted by molar-refractivity contribution is -0.118. The van der Waals surface area contributed by atoms with E-state index in [-0.39, 0.29) is 12.5 Å². The number of carbonyl (C=O) groups excluding carboxylic acids is 1. The van der Waals surface area contributed by atoms with E-state index in [1.165, 1.54) is 0 Å². The zero-order chi connectivity index (χ0) is 13.8. The summed E-state index contributed by atoms with van der Waals surface area (Å²) in [5, 5.41) is 0.712. The van der Waals surface area contributed by atoms with E-state index in [0.29, 0.717) is 5.02 Å². The fourth-order valence-electron chi connectivity index (χ4n) is 1.90. The Bertz CT molecular complexity index is 564. The Kier molecular flexibility index (Phi) is 4.20. The SMILES string of the molecule is NC(=O)CC(N)c1ccc(-c2ccc(Cl)cc2)cc1. The largest absolute Gasteiger partial charge is 0.370 e. The van der Waals surface area contributed by atoms with Crippen LogP contribution in [0.1, 0.15) is 18.0 Å². The van der Waals surface area contributed by atoms with Gasteiger partial charge >= 0.3 is 0 Å². The van der Waals surface area contributed by atoms with E-state index in [0.717, 1.165) is 16.7 Å². The van der Waals surface area contributed by atoms with Crippen LogP contribution in [0.4, 0.5) is 0 Å². The van der Waals surface area contributed by atoms with Crippen LogP contribution in [-0.2, 0) is 4.79 Å². The second kappa shape index (κ2) is 5.87. The smallest absolute Gasteiger partial charge is 0.219 e. The van der Waals surface area contributed by atoms with Crippen LogP contribution in [0.25, 0.3) is 11.1 Å². The summed E-state index contributed by atoms with van der Waals surface area (Å²) in [5.41, 5.74) is 14.1. The van der Waals surface area contributed by atoms with Crippen LogP contribution in [0.3, 0.4) is 0 Å². The maximum absolute atomic E-state index is 10.8. The summed E-state index contributed by atoms with van der Waals surface area (Å²) in [6.07, 6.45) is 0.153. The van der Waals surface area contributed by atoms with Gasteiger partial charge in [0, 0.05) is 17.5 Å². The molecule has 4 N–H and O–H groups in total. The predicted octanol–water partition coefficient (Wildman–Crippen LogP) is 2.88. The number of carbonyl (C=O) groups is 1. The molecule has 0 fully saturated rings. The molecule has 3 nitrogen and oxygen atoms in total. The topological polar surface area (TPSA) is 69.1 Å². The molecule has 0 aliphatic heterocycles. The summed E-state index contributed by atoms with van der Waals surface area (Å²) >= 11 is 5.85. The molecule has 0 aromatic heterocycles. The Morgan fingerprint density at radius 3 is 1.95 bits per heavy atom. The molecular weight excluding hydrogens is 260 g/mol. The number of benzene rings is 2. The van der Waals surface area contributed by atoms with Crippen molar-refractivity contribution in [1.29, 1.82) is 0 Å². The number of hydrogen-bond donors (Lipinski definition) is 2. The molecule has 0 spiro atoms. The second-order valence-electron chi connectivity index (χ2n) is 4.41. The lowest BCUT2D eigenvalue weighted by Crippen LogP contribution is -2.20. The summed E-state index contributed by atoms with van der Waals surface area (Å²) in [6, 6.07) is 15.0. The third-order valence-corrected chi connectivity index (χ3v) is 3.19. The van der Waals surface area contributed by atoms with E-state index in [9.17, 15) is 4.79 Å². The first kappa shape index (κ1) is 13.6. The Morgan fingerprint density at radius 1 is 1.00 bits per heavy atom. The molecule has 19 heavy (non-hydrogen) atoms. The molecule has 1 amide bonds. The zero-order valence-corrected chi connectivity index (χ0v) is 11.1. The van der Waals surface area contributed by atoms with E-state index in [4.69, 9.17) is 23.1 Å². The number of nitrogens with two attached hydrogens (primary N) is 2. The van der Waals surface area contributed by atoms with Crippen molar-refractivity contribution < 1.29 is 4.79 Å². The quantitative estimate of drug-likeness (QED) is 0.900. The van der Waals surface area contributed by atoms with Crippen LogP contribution in [0, 0.1) is 0 Å². The van der Waals surface area contributed by atoms with Crippen LogP contribution in [0.5, 0.6) is 0 Å². The van der Waals surface area contributed by atoms with Crippen LogP contribution < -0.4 is 11.5 Å². The molecule has 0 saturated carbocycles. The number of amides is 1. The number of rotatable bonds is 4. The first-order valence-electron chi connectivity index (χ1n) is 5.96. The lowest BCUT2D eigenvalue weighted by atomic mass is 9.99. The van der Waals surface area contributed by atoms with Gasteiger partial charge in [-0.1, -0.05) is 48.0 Å². The number of hydrogen-bond acceptors (Lipinski definition) is 2. The first-order valence-corrected chi connectivity index (χ1v) is 6.34. The van der Waals surface area contributed by atoms with E-state index < -0.39 is 5.91 Å².